The smallest absolute Gasteiger partial charge is 0.356 e. The van der Waals surface area contributed by atoms with Crippen LogP contribution in [-0.2, 0) is 16.6 Å². The lowest BCUT2D eigenvalue weighted by molar-refractivity contribution is -0.119. The van der Waals surface area contributed by atoms with Crippen LogP contribution in [0, 0.1) is 0 Å². The fraction of sp³-hybridized carbons (Fsp3) is 0.412. The molecule has 0 unspecified atom stereocenters. The van der Waals surface area contributed by atoms with Crippen LogP contribution in [0.3, 0.4) is 0 Å². The Balaban J connectivity index is 2.05. The third kappa shape index (κ3) is 2.59. The van der Waals surface area contributed by atoms with Gasteiger partial charge in [0.15, 0.2) is 5.69 Å². The minimum absolute atomic E-state index is 0.0773. The van der Waals surface area contributed by atoms with Crippen LogP contribution in [0.5, 0.6) is 0 Å². The van der Waals surface area contributed by atoms with Gasteiger partial charge in [0.1, 0.15) is 0 Å². The number of anilines is 1. The molecule has 0 bridgehead atoms. The molecule has 1 aliphatic rings. The number of aromatic nitrogens is 1. The molecule has 0 radical (unpaired) electrons. The van der Waals surface area contributed by atoms with E-state index in [1.54, 1.807) is 11.6 Å². The Morgan fingerprint density at radius 3 is 2.65 bits per heavy atom. The van der Waals surface area contributed by atoms with Crippen molar-refractivity contribution in [2.45, 2.75) is 18.9 Å². The maximum Gasteiger partial charge on any atom is 0.356 e. The predicted octanol–water partition coefficient (Wildman–Crippen LogP) is 2.00. The zero-order valence-electron chi connectivity index (χ0n) is 13.6. The van der Waals surface area contributed by atoms with E-state index in [0.29, 0.717) is 11.4 Å². The van der Waals surface area contributed by atoms with Gasteiger partial charge in [0.25, 0.3) is 0 Å². The van der Waals surface area contributed by atoms with Gasteiger partial charge in [0.05, 0.1) is 24.4 Å². The monoisotopic (exact) mass is 315 g/mol. The molecule has 1 aliphatic heterocycles. The summed E-state index contributed by atoms with van der Waals surface area (Å²) in [7, 11) is 5.09. The summed E-state index contributed by atoms with van der Waals surface area (Å²) in [6, 6.07) is 7.45. The van der Waals surface area contributed by atoms with E-state index in [-0.39, 0.29) is 11.9 Å². The zero-order valence-corrected chi connectivity index (χ0v) is 13.6. The summed E-state index contributed by atoms with van der Waals surface area (Å²) in [6.45, 7) is 0.914. The number of hydrogen-bond donors (Lipinski definition) is 1. The minimum atomic E-state index is -0.459. The molecule has 1 N–H and O–H groups in total. The highest BCUT2D eigenvalue weighted by atomic mass is 16.5. The summed E-state index contributed by atoms with van der Waals surface area (Å²) in [5, 5.41) is 3.80. The van der Waals surface area contributed by atoms with E-state index in [9.17, 15) is 9.59 Å². The number of amides is 1. The van der Waals surface area contributed by atoms with Crippen LogP contribution in [0.25, 0.3) is 10.9 Å². The SMILES string of the molecule is COC(=O)c1c(NC(=O)[C@@H]2CCCN2C)c2ccccc2n1C. The van der Waals surface area contributed by atoms with Crippen molar-refractivity contribution in [1.29, 1.82) is 0 Å². The first-order valence-electron chi connectivity index (χ1n) is 7.71. The van der Waals surface area contributed by atoms with E-state index in [2.05, 4.69) is 5.32 Å². The number of aryl methyl sites for hydroxylation is 1. The minimum Gasteiger partial charge on any atom is -0.464 e. The first kappa shape index (κ1) is 15.6. The largest absolute Gasteiger partial charge is 0.464 e. The summed E-state index contributed by atoms with van der Waals surface area (Å²) in [4.78, 5) is 26.9. The highest BCUT2D eigenvalue weighted by molar-refractivity contribution is 6.12. The van der Waals surface area contributed by atoms with Crippen molar-refractivity contribution in [3.63, 3.8) is 0 Å². The maximum absolute atomic E-state index is 12.6. The molecule has 2 heterocycles. The molecular weight excluding hydrogens is 294 g/mol. The molecule has 0 aliphatic carbocycles. The van der Waals surface area contributed by atoms with Crippen LogP contribution in [0.15, 0.2) is 24.3 Å². The number of rotatable bonds is 3. The normalized spacial score (nSPS) is 18.3. The molecule has 1 aromatic carbocycles. The third-order valence-electron chi connectivity index (χ3n) is 4.56. The Kier molecular flexibility index (Phi) is 4.09. The lowest BCUT2D eigenvalue weighted by Gasteiger charge is -2.19. The second-order valence-electron chi connectivity index (χ2n) is 5.92. The second-order valence-corrected chi connectivity index (χ2v) is 5.92. The predicted molar refractivity (Wildman–Crippen MR) is 88.5 cm³/mol. The number of carbonyl (C=O) groups is 2. The number of esters is 1. The van der Waals surface area contributed by atoms with Gasteiger partial charge in [-0.2, -0.15) is 0 Å². The first-order chi connectivity index (χ1) is 11.0. The number of carbonyl (C=O) groups excluding carboxylic acids is 2. The van der Waals surface area contributed by atoms with Gasteiger partial charge in [0.2, 0.25) is 5.91 Å². The Morgan fingerprint density at radius 2 is 2.00 bits per heavy atom. The van der Waals surface area contributed by atoms with Gasteiger partial charge in [-0.3, -0.25) is 9.69 Å². The molecular formula is C17H21N3O3. The Morgan fingerprint density at radius 1 is 1.26 bits per heavy atom. The summed E-state index contributed by atoms with van der Waals surface area (Å²) in [6.07, 6.45) is 1.84. The average Bonchev–Trinajstić information content (AvgIpc) is 3.10. The summed E-state index contributed by atoms with van der Waals surface area (Å²) in [5.74, 6) is -0.537. The number of likely N-dealkylation sites (tertiary alicyclic amines) is 1. The number of nitrogens with zero attached hydrogens (tertiary/aromatic N) is 2. The summed E-state index contributed by atoms with van der Waals surface area (Å²) >= 11 is 0. The number of hydrogen-bond acceptors (Lipinski definition) is 4. The van der Waals surface area contributed by atoms with E-state index in [1.165, 1.54) is 7.11 Å². The van der Waals surface area contributed by atoms with Crippen molar-refractivity contribution in [1.82, 2.24) is 9.47 Å². The number of para-hydroxylation sites is 1. The highest BCUT2D eigenvalue weighted by Gasteiger charge is 2.30. The van der Waals surface area contributed by atoms with Gasteiger partial charge in [0, 0.05) is 12.4 Å². The van der Waals surface area contributed by atoms with Crippen LogP contribution in [-0.4, -0.2) is 48.1 Å². The molecule has 2 aromatic rings. The topological polar surface area (TPSA) is 63.6 Å². The molecule has 122 valence electrons. The van der Waals surface area contributed by atoms with Gasteiger partial charge in [-0.15, -0.1) is 0 Å². The Hall–Kier alpha value is -2.34. The van der Waals surface area contributed by atoms with Crippen LogP contribution < -0.4 is 5.32 Å². The molecule has 1 aromatic heterocycles. The van der Waals surface area contributed by atoms with E-state index in [1.807, 2.05) is 36.2 Å². The Bertz CT molecular complexity index is 766. The summed E-state index contributed by atoms with van der Waals surface area (Å²) < 4.78 is 6.65. The number of benzene rings is 1. The van der Waals surface area contributed by atoms with Crippen molar-refractivity contribution >= 4 is 28.5 Å². The van der Waals surface area contributed by atoms with Crippen LogP contribution in [0.2, 0.25) is 0 Å². The lowest BCUT2D eigenvalue weighted by Crippen LogP contribution is -2.37. The number of methoxy groups -OCH3 is 1. The van der Waals surface area contributed by atoms with Crippen molar-refractivity contribution in [3.8, 4) is 0 Å². The van der Waals surface area contributed by atoms with E-state index in [4.69, 9.17) is 4.74 Å². The van der Waals surface area contributed by atoms with E-state index in [0.717, 1.165) is 30.3 Å². The molecule has 0 saturated carbocycles. The third-order valence-corrected chi connectivity index (χ3v) is 4.56. The number of fused-ring (bicyclic) bond motifs is 1. The molecule has 1 atom stereocenters. The first-order valence-corrected chi connectivity index (χ1v) is 7.71. The van der Waals surface area contributed by atoms with Crippen LogP contribution in [0.4, 0.5) is 5.69 Å². The fourth-order valence-electron chi connectivity index (χ4n) is 3.30. The number of ether oxygens (including phenoxy) is 1. The van der Waals surface area contributed by atoms with Gasteiger partial charge < -0.3 is 14.6 Å². The Labute approximate surface area is 135 Å². The average molecular weight is 315 g/mol. The van der Waals surface area contributed by atoms with Gasteiger partial charge in [-0.1, -0.05) is 18.2 Å². The van der Waals surface area contributed by atoms with Gasteiger partial charge in [-0.25, -0.2) is 4.79 Å². The van der Waals surface area contributed by atoms with Crippen molar-refractivity contribution in [3.05, 3.63) is 30.0 Å². The molecule has 3 rings (SSSR count). The number of nitrogens with one attached hydrogen (secondary N) is 1. The molecule has 6 heteroatoms. The van der Waals surface area contributed by atoms with E-state index >= 15 is 0 Å². The van der Waals surface area contributed by atoms with E-state index < -0.39 is 5.97 Å². The maximum atomic E-state index is 12.6. The fourth-order valence-corrected chi connectivity index (χ4v) is 3.30. The quantitative estimate of drug-likeness (QED) is 0.880. The zero-order chi connectivity index (χ0) is 16.6. The van der Waals surface area contributed by atoms with Crippen LogP contribution >= 0.6 is 0 Å². The standard InChI is InChI=1S/C17H21N3O3/c1-19-10-6-9-13(19)16(21)18-14-11-7-4-5-8-12(11)20(2)15(14)17(22)23-3/h4-5,7-8,13H,6,9-10H2,1-3H3,(H,18,21)/t13-/m0/s1. The summed E-state index contributed by atoms with van der Waals surface area (Å²) in [5.41, 5.74) is 1.77. The highest BCUT2D eigenvalue weighted by Crippen LogP contribution is 2.31. The molecule has 23 heavy (non-hydrogen) atoms. The van der Waals surface area contributed by atoms with Gasteiger partial charge >= 0.3 is 5.97 Å². The molecule has 1 amide bonds. The molecule has 1 saturated heterocycles. The lowest BCUT2D eigenvalue weighted by atomic mass is 10.1. The molecule has 6 nitrogen and oxygen atoms in total. The molecule has 1 fully saturated rings. The van der Waals surface area contributed by atoms with Crippen molar-refractivity contribution < 1.29 is 14.3 Å². The van der Waals surface area contributed by atoms with Crippen molar-refractivity contribution in [2.24, 2.45) is 7.05 Å². The molecule has 0 spiro atoms. The van der Waals surface area contributed by atoms with Crippen molar-refractivity contribution in [2.75, 3.05) is 26.0 Å². The number of likely N-dealkylation sites (N-methyl/N-ethyl adjacent to an activating group) is 1. The van der Waals surface area contributed by atoms with Crippen LogP contribution in [0.1, 0.15) is 23.3 Å². The van der Waals surface area contributed by atoms with Gasteiger partial charge in [-0.05, 0) is 32.5 Å². The second kappa shape index (κ2) is 6.04.